The highest BCUT2D eigenvalue weighted by Crippen LogP contribution is 2.36. The first kappa shape index (κ1) is 14.3. The summed E-state index contributed by atoms with van der Waals surface area (Å²) in [6.45, 7) is 1.12. The summed E-state index contributed by atoms with van der Waals surface area (Å²) in [4.78, 5) is 24.6. The van der Waals surface area contributed by atoms with E-state index < -0.39 is 6.09 Å². The molecule has 7 heteroatoms. The zero-order valence-electron chi connectivity index (χ0n) is 13.0. The van der Waals surface area contributed by atoms with Gasteiger partial charge in [0.15, 0.2) is 0 Å². The number of rotatable bonds is 4. The van der Waals surface area contributed by atoms with Crippen molar-refractivity contribution in [2.24, 2.45) is 5.92 Å². The molecule has 7 nitrogen and oxygen atoms in total. The molecule has 2 aliphatic rings. The van der Waals surface area contributed by atoms with Gasteiger partial charge in [-0.05, 0) is 43.6 Å². The Hall–Kier alpha value is -2.31. The van der Waals surface area contributed by atoms with Gasteiger partial charge in [0.25, 0.3) is 0 Å². The Bertz CT molecular complexity index is 724. The molecular weight excluding hydrogens is 294 g/mol. The van der Waals surface area contributed by atoms with Crippen LogP contribution in [-0.4, -0.2) is 50.2 Å². The van der Waals surface area contributed by atoms with E-state index in [1.54, 1.807) is 6.33 Å². The lowest BCUT2D eigenvalue weighted by atomic mass is 10.1. The number of likely N-dealkylation sites (tertiary alicyclic amines) is 1. The lowest BCUT2D eigenvalue weighted by Crippen LogP contribution is -2.44. The molecule has 122 valence electrons. The quantitative estimate of drug-likeness (QED) is 0.806. The molecule has 3 heterocycles. The largest absolute Gasteiger partial charge is 0.465 e. The zero-order valence-corrected chi connectivity index (χ0v) is 13.0. The Morgan fingerprint density at radius 3 is 3.04 bits per heavy atom. The highest BCUT2D eigenvalue weighted by atomic mass is 16.4. The smallest absolute Gasteiger partial charge is 0.407 e. The van der Waals surface area contributed by atoms with E-state index in [9.17, 15) is 9.90 Å². The number of carbonyl (C=O) groups is 1. The molecule has 1 saturated carbocycles. The van der Waals surface area contributed by atoms with Crippen LogP contribution in [0, 0.1) is 5.92 Å². The number of hydrogen-bond donors (Lipinski definition) is 3. The average molecular weight is 315 g/mol. The maximum absolute atomic E-state index is 11.2. The minimum absolute atomic E-state index is 0.0987. The molecule has 1 aliphatic carbocycles. The molecule has 1 saturated heterocycles. The Kier molecular flexibility index (Phi) is 3.55. The van der Waals surface area contributed by atoms with E-state index in [1.165, 1.54) is 23.3 Å². The van der Waals surface area contributed by atoms with E-state index >= 15 is 0 Å². The summed E-state index contributed by atoms with van der Waals surface area (Å²) in [7, 11) is 0. The molecule has 2 aromatic heterocycles. The number of H-pyrrole nitrogens is 1. The van der Waals surface area contributed by atoms with Crippen molar-refractivity contribution in [1.29, 1.82) is 0 Å². The highest BCUT2D eigenvalue weighted by Gasteiger charge is 2.26. The number of hydrogen-bond acceptors (Lipinski definition) is 4. The number of carboxylic acid groups (broad SMARTS) is 1. The molecule has 2 aromatic rings. The number of nitrogens with one attached hydrogen (secondary N) is 2. The zero-order chi connectivity index (χ0) is 15.8. The summed E-state index contributed by atoms with van der Waals surface area (Å²) in [5, 5.41) is 13.7. The van der Waals surface area contributed by atoms with Crippen molar-refractivity contribution >= 4 is 22.9 Å². The van der Waals surface area contributed by atoms with Crippen LogP contribution in [0.2, 0.25) is 0 Å². The van der Waals surface area contributed by atoms with Gasteiger partial charge in [-0.1, -0.05) is 0 Å². The fourth-order valence-electron chi connectivity index (χ4n) is 3.39. The second-order valence-electron chi connectivity index (χ2n) is 6.62. The molecule has 0 bridgehead atoms. The van der Waals surface area contributed by atoms with Gasteiger partial charge in [0.05, 0.1) is 5.39 Å². The fourth-order valence-corrected chi connectivity index (χ4v) is 3.39. The van der Waals surface area contributed by atoms with Crippen LogP contribution in [0.3, 0.4) is 0 Å². The predicted molar refractivity (Wildman–Crippen MR) is 86.6 cm³/mol. The summed E-state index contributed by atoms with van der Waals surface area (Å²) in [5.41, 5.74) is 2.11. The van der Waals surface area contributed by atoms with Crippen LogP contribution < -0.4 is 5.32 Å². The first-order chi connectivity index (χ1) is 11.2. The molecule has 1 amide bonds. The van der Waals surface area contributed by atoms with Crippen molar-refractivity contribution in [2.75, 3.05) is 18.4 Å². The normalized spacial score (nSPS) is 21.6. The topological polar surface area (TPSA) is 94.1 Å². The first-order valence-corrected chi connectivity index (χ1v) is 8.26. The second kappa shape index (κ2) is 5.72. The minimum Gasteiger partial charge on any atom is -0.465 e. The molecule has 1 aliphatic heterocycles. The molecule has 2 fully saturated rings. The van der Waals surface area contributed by atoms with Crippen LogP contribution in [0.25, 0.3) is 11.0 Å². The number of aromatic amines is 1. The monoisotopic (exact) mass is 315 g/mol. The van der Waals surface area contributed by atoms with E-state index in [-0.39, 0.29) is 6.04 Å². The van der Waals surface area contributed by atoms with Crippen LogP contribution in [0.5, 0.6) is 0 Å². The number of anilines is 1. The van der Waals surface area contributed by atoms with Crippen molar-refractivity contribution in [3.63, 3.8) is 0 Å². The molecule has 1 unspecified atom stereocenters. The van der Waals surface area contributed by atoms with Crippen LogP contribution in [-0.2, 0) is 6.42 Å². The lowest BCUT2D eigenvalue weighted by molar-refractivity contribution is 0.133. The van der Waals surface area contributed by atoms with E-state index in [4.69, 9.17) is 0 Å². The molecule has 0 radical (unpaired) electrons. The standard InChI is InChI=1S/C16H21N5O2/c22-16(23)21-5-1-2-12(8-21)20-15-13-11(6-10-3-4-10)7-17-14(13)18-9-19-15/h7,9-10,12H,1-6,8H2,(H,22,23)(H2,17,18,19,20). The Morgan fingerprint density at radius 1 is 1.39 bits per heavy atom. The van der Waals surface area contributed by atoms with Crippen molar-refractivity contribution < 1.29 is 9.90 Å². The van der Waals surface area contributed by atoms with Gasteiger partial charge in [-0.3, -0.25) is 0 Å². The predicted octanol–water partition coefficient (Wildman–Crippen LogP) is 2.46. The number of aromatic nitrogens is 3. The third kappa shape index (κ3) is 2.95. The maximum Gasteiger partial charge on any atom is 0.407 e. The van der Waals surface area contributed by atoms with Crippen molar-refractivity contribution in [3.8, 4) is 0 Å². The highest BCUT2D eigenvalue weighted by molar-refractivity contribution is 5.90. The molecular formula is C16H21N5O2. The van der Waals surface area contributed by atoms with Crippen molar-refractivity contribution in [2.45, 2.75) is 38.1 Å². The van der Waals surface area contributed by atoms with Gasteiger partial charge < -0.3 is 20.3 Å². The Balaban J connectivity index is 1.58. The summed E-state index contributed by atoms with van der Waals surface area (Å²) in [5.74, 6) is 1.61. The van der Waals surface area contributed by atoms with Crippen LogP contribution >= 0.6 is 0 Å². The van der Waals surface area contributed by atoms with Gasteiger partial charge >= 0.3 is 6.09 Å². The van der Waals surface area contributed by atoms with Gasteiger partial charge in [0.2, 0.25) is 0 Å². The first-order valence-electron chi connectivity index (χ1n) is 8.26. The third-order valence-electron chi connectivity index (χ3n) is 4.79. The number of amides is 1. The molecule has 3 N–H and O–H groups in total. The number of nitrogens with zero attached hydrogens (tertiary/aromatic N) is 3. The van der Waals surface area contributed by atoms with E-state index in [0.717, 1.165) is 42.0 Å². The SMILES string of the molecule is O=C(O)N1CCCC(Nc2ncnc3[nH]cc(CC4CC4)c23)C1. The van der Waals surface area contributed by atoms with E-state index in [1.807, 2.05) is 6.20 Å². The molecule has 0 aromatic carbocycles. The van der Waals surface area contributed by atoms with Crippen molar-refractivity contribution in [3.05, 3.63) is 18.1 Å². The summed E-state index contributed by atoms with van der Waals surface area (Å²) >= 11 is 0. The van der Waals surface area contributed by atoms with Gasteiger partial charge in [0.1, 0.15) is 17.8 Å². The van der Waals surface area contributed by atoms with Crippen LogP contribution in [0.15, 0.2) is 12.5 Å². The molecule has 0 spiro atoms. The summed E-state index contributed by atoms with van der Waals surface area (Å²) in [6, 6.07) is 0.0987. The second-order valence-corrected chi connectivity index (χ2v) is 6.62. The van der Waals surface area contributed by atoms with E-state index in [2.05, 4.69) is 20.3 Å². The molecule has 4 rings (SSSR count). The van der Waals surface area contributed by atoms with E-state index in [0.29, 0.717) is 13.1 Å². The van der Waals surface area contributed by atoms with Gasteiger partial charge in [0, 0.05) is 25.3 Å². The minimum atomic E-state index is -0.847. The third-order valence-corrected chi connectivity index (χ3v) is 4.79. The van der Waals surface area contributed by atoms with Gasteiger partial charge in [-0.2, -0.15) is 0 Å². The Labute approximate surface area is 134 Å². The fraction of sp³-hybridized carbons (Fsp3) is 0.562. The van der Waals surface area contributed by atoms with Crippen LogP contribution in [0.1, 0.15) is 31.2 Å². The summed E-state index contributed by atoms with van der Waals surface area (Å²) < 4.78 is 0. The number of piperidine rings is 1. The van der Waals surface area contributed by atoms with Gasteiger partial charge in [-0.15, -0.1) is 0 Å². The number of fused-ring (bicyclic) bond motifs is 1. The maximum atomic E-state index is 11.2. The van der Waals surface area contributed by atoms with Crippen molar-refractivity contribution in [1.82, 2.24) is 19.9 Å². The van der Waals surface area contributed by atoms with Crippen LogP contribution in [0.4, 0.5) is 10.6 Å². The Morgan fingerprint density at radius 2 is 2.26 bits per heavy atom. The lowest BCUT2D eigenvalue weighted by Gasteiger charge is -2.31. The summed E-state index contributed by atoms with van der Waals surface area (Å²) in [6.07, 6.45) is 8.25. The average Bonchev–Trinajstić information content (AvgIpc) is 3.27. The molecule has 23 heavy (non-hydrogen) atoms. The molecule has 1 atom stereocenters. The van der Waals surface area contributed by atoms with Gasteiger partial charge in [-0.25, -0.2) is 14.8 Å².